The van der Waals surface area contributed by atoms with Gasteiger partial charge in [-0.3, -0.25) is 4.79 Å². The standard InChI is InChI=1S/C20H22N2O2S/c1-4-7-21-20(24)19-16(23)9-15(11-22-19)18-10-14-8-13(12(2)3)5-6-17(14)25-18/h5-6,8-12,23H,4,7H2,1-3H3,(H,21,24). The second-order valence-corrected chi connectivity index (χ2v) is 7.49. The zero-order valence-corrected chi connectivity index (χ0v) is 15.5. The lowest BCUT2D eigenvalue weighted by Crippen LogP contribution is -2.24. The first kappa shape index (κ1) is 17.4. The molecule has 0 saturated carbocycles. The minimum Gasteiger partial charge on any atom is -0.505 e. The molecule has 0 saturated heterocycles. The zero-order valence-electron chi connectivity index (χ0n) is 14.7. The number of nitrogens with zero attached hydrogens (tertiary/aromatic N) is 1. The third-order valence-electron chi connectivity index (χ3n) is 4.11. The van der Waals surface area contributed by atoms with Crippen LogP contribution in [0.5, 0.6) is 5.75 Å². The van der Waals surface area contributed by atoms with Gasteiger partial charge in [-0.25, -0.2) is 4.98 Å². The van der Waals surface area contributed by atoms with E-state index in [-0.39, 0.29) is 17.4 Å². The highest BCUT2D eigenvalue weighted by molar-refractivity contribution is 7.22. The Kier molecular flexibility index (Phi) is 5.04. The van der Waals surface area contributed by atoms with Crippen molar-refractivity contribution >= 4 is 27.3 Å². The van der Waals surface area contributed by atoms with Gasteiger partial charge in [0.1, 0.15) is 5.75 Å². The lowest BCUT2D eigenvalue weighted by atomic mass is 10.0. The van der Waals surface area contributed by atoms with Gasteiger partial charge in [-0.15, -0.1) is 11.3 Å². The number of benzene rings is 1. The van der Waals surface area contributed by atoms with Crippen LogP contribution in [0.2, 0.25) is 0 Å². The number of amides is 1. The molecule has 1 amide bonds. The molecule has 0 bridgehead atoms. The topological polar surface area (TPSA) is 62.2 Å². The summed E-state index contributed by atoms with van der Waals surface area (Å²) in [6, 6.07) is 10.2. The van der Waals surface area contributed by atoms with E-state index in [1.807, 2.05) is 6.92 Å². The van der Waals surface area contributed by atoms with E-state index in [1.54, 1.807) is 23.6 Å². The third kappa shape index (κ3) is 3.66. The molecule has 130 valence electrons. The molecule has 25 heavy (non-hydrogen) atoms. The number of hydrogen-bond acceptors (Lipinski definition) is 4. The van der Waals surface area contributed by atoms with Gasteiger partial charge >= 0.3 is 0 Å². The molecule has 0 spiro atoms. The number of pyridine rings is 1. The van der Waals surface area contributed by atoms with Crippen molar-refractivity contribution in [3.05, 3.63) is 47.8 Å². The predicted octanol–water partition coefficient (Wildman–Crippen LogP) is 4.93. The van der Waals surface area contributed by atoms with Crippen LogP contribution in [0.1, 0.15) is 49.2 Å². The monoisotopic (exact) mass is 354 g/mol. The Balaban J connectivity index is 1.92. The minimum atomic E-state index is -0.344. The van der Waals surface area contributed by atoms with E-state index < -0.39 is 0 Å². The third-order valence-corrected chi connectivity index (χ3v) is 5.27. The molecule has 2 aromatic heterocycles. The van der Waals surface area contributed by atoms with Crippen LogP contribution in [-0.2, 0) is 0 Å². The quantitative estimate of drug-likeness (QED) is 0.683. The molecule has 3 aromatic rings. The van der Waals surface area contributed by atoms with Crippen molar-refractivity contribution in [2.45, 2.75) is 33.1 Å². The number of aromatic nitrogens is 1. The van der Waals surface area contributed by atoms with E-state index in [0.29, 0.717) is 12.5 Å². The number of thiophene rings is 1. The van der Waals surface area contributed by atoms with Crippen molar-refractivity contribution in [1.29, 1.82) is 0 Å². The van der Waals surface area contributed by atoms with Gasteiger partial charge in [0.15, 0.2) is 5.69 Å². The first-order chi connectivity index (χ1) is 12.0. The molecule has 0 unspecified atom stereocenters. The normalized spacial score (nSPS) is 11.2. The minimum absolute atomic E-state index is 0.0698. The van der Waals surface area contributed by atoms with Gasteiger partial charge in [0, 0.05) is 27.9 Å². The maximum Gasteiger partial charge on any atom is 0.273 e. The summed E-state index contributed by atoms with van der Waals surface area (Å²) in [4.78, 5) is 17.2. The van der Waals surface area contributed by atoms with Gasteiger partial charge in [-0.1, -0.05) is 32.9 Å². The van der Waals surface area contributed by atoms with Gasteiger partial charge in [-0.2, -0.15) is 0 Å². The van der Waals surface area contributed by atoms with Crippen molar-refractivity contribution in [2.75, 3.05) is 6.54 Å². The molecule has 2 heterocycles. The van der Waals surface area contributed by atoms with Crippen molar-refractivity contribution in [2.24, 2.45) is 0 Å². The molecular weight excluding hydrogens is 332 g/mol. The van der Waals surface area contributed by atoms with E-state index in [9.17, 15) is 9.90 Å². The number of fused-ring (bicyclic) bond motifs is 1. The highest BCUT2D eigenvalue weighted by atomic mass is 32.1. The maximum absolute atomic E-state index is 12.0. The SMILES string of the molecule is CCCNC(=O)c1ncc(-c2cc3cc(C(C)C)ccc3s2)cc1O. The van der Waals surface area contributed by atoms with Crippen LogP contribution in [0, 0.1) is 0 Å². The number of rotatable bonds is 5. The van der Waals surface area contributed by atoms with Crippen LogP contribution in [0.3, 0.4) is 0 Å². The van der Waals surface area contributed by atoms with Crippen LogP contribution in [0.4, 0.5) is 0 Å². The molecule has 0 aliphatic heterocycles. The highest BCUT2D eigenvalue weighted by Crippen LogP contribution is 2.36. The van der Waals surface area contributed by atoms with Gasteiger partial charge in [0.2, 0.25) is 0 Å². The summed E-state index contributed by atoms with van der Waals surface area (Å²) in [5.74, 6) is 0.0506. The van der Waals surface area contributed by atoms with Gasteiger partial charge in [-0.05, 0) is 41.5 Å². The van der Waals surface area contributed by atoms with E-state index >= 15 is 0 Å². The number of carbonyl (C=O) groups is 1. The lowest BCUT2D eigenvalue weighted by molar-refractivity contribution is 0.0946. The number of nitrogens with one attached hydrogen (secondary N) is 1. The molecule has 1 aromatic carbocycles. The molecule has 0 radical (unpaired) electrons. The Bertz CT molecular complexity index is 915. The summed E-state index contributed by atoms with van der Waals surface area (Å²) in [6.45, 7) is 6.90. The second-order valence-electron chi connectivity index (χ2n) is 6.41. The highest BCUT2D eigenvalue weighted by Gasteiger charge is 2.14. The van der Waals surface area contributed by atoms with Crippen LogP contribution >= 0.6 is 11.3 Å². The fourth-order valence-corrected chi connectivity index (χ4v) is 3.67. The summed E-state index contributed by atoms with van der Waals surface area (Å²) >= 11 is 1.66. The molecule has 0 aliphatic rings. The first-order valence-electron chi connectivity index (χ1n) is 8.50. The largest absolute Gasteiger partial charge is 0.505 e. The Morgan fingerprint density at radius 3 is 2.76 bits per heavy atom. The number of carbonyl (C=O) groups excluding carboxylic acids is 1. The van der Waals surface area contributed by atoms with Crippen molar-refractivity contribution < 1.29 is 9.90 Å². The van der Waals surface area contributed by atoms with Crippen molar-refractivity contribution in [3.8, 4) is 16.2 Å². The molecule has 2 N–H and O–H groups in total. The van der Waals surface area contributed by atoms with Gasteiger partial charge in [0.05, 0.1) is 0 Å². The number of aromatic hydroxyl groups is 1. The Morgan fingerprint density at radius 1 is 1.28 bits per heavy atom. The van der Waals surface area contributed by atoms with Crippen LogP contribution < -0.4 is 5.32 Å². The molecule has 0 atom stereocenters. The Morgan fingerprint density at radius 2 is 2.08 bits per heavy atom. The summed E-state index contributed by atoms with van der Waals surface area (Å²) in [6.07, 6.45) is 2.49. The number of hydrogen-bond donors (Lipinski definition) is 2. The van der Waals surface area contributed by atoms with Gasteiger partial charge < -0.3 is 10.4 Å². The Labute approximate surface area is 151 Å². The summed E-state index contributed by atoms with van der Waals surface area (Å²) < 4.78 is 1.20. The van der Waals surface area contributed by atoms with Crippen LogP contribution in [0.15, 0.2) is 36.5 Å². The summed E-state index contributed by atoms with van der Waals surface area (Å²) in [7, 11) is 0. The smallest absolute Gasteiger partial charge is 0.273 e. The summed E-state index contributed by atoms with van der Waals surface area (Å²) in [5.41, 5.74) is 2.19. The molecule has 3 rings (SSSR count). The average molecular weight is 354 g/mol. The molecular formula is C20H22N2O2S. The van der Waals surface area contributed by atoms with E-state index in [0.717, 1.165) is 16.9 Å². The van der Waals surface area contributed by atoms with E-state index in [1.165, 1.54) is 15.6 Å². The second kappa shape index (κ2) is 7.23. The van der Waals surface area contributed by atoms with Gasteiger partial charge in [0.25, 0.3) is 5.91 Å². The Hall–Kier alpha value is -2.40. The van der Waals surface area contributed by atoms with E-state index in [4.69, 9.17) is 0 Å². The maximum atomic E-state index is 12.0. The van der Waals surface area contributed by atoms with Crippen LogP contribution in [0.25, 0.3) is 20.5 Å². The molecule has 4 nitrogen and oxygen atoms in total. The lowest BCUT2D eigenvalue weighted by Gasteiger charge is -2.06. The van der Waals surface area contributed by atoms with Crippen molar-refractivity contribution in [3.63, 3.8) is 0 Å². The average Bonchev–Trinajstić information content (AvgIpc) is 3.02. The van der Waals surface area contributed by atoms with E-state index in [2.05, 4.69) is 48.4 Å². The zero-order chi connectivity index (χ0) is 18.0. The fraction of sp³-hybridized carbons (Fsp3) is 0.300. The summed E-state index contributed by atoms with van der Waals surface area (Å²) in [5, 5.41) is 14.1. The predicted molar refractivity (Wildman–Crippen MR) is 103 cm³/mol. The molecule has 5 heteroatoms. The molecule has 0 fully saturated rings. The first-order valence-corrected chi connectivity index (χ1v) is 9.32. The van der Waals surface area contributed by atoms with Crippen LogP contribution in [-0.4, -0.2) is 22.5 Å². The van der Waals surface area contributed by atoms with Crippen molar-refractivity contribution in [1.82, 2.24) is 10.3 Å². The molecule has 0 aliphatic carbocycles. The fourth-order valence-electron chi connectivity index (χ4n) is 2.65.